The number of hydrogen-bond acceptors (Lipinski definition) is 5. The van der Waals surface area contributed by atoms with Gasteiger partial charge in [0.15, 0.2) is 0 Å². The van der Waals surface area contributed by atoms with Crippen molar-refractivity contribution in [2.24, 2.45) is 5.92 Å². The van der Waals surface area contributed by atoms with Crippen molar-refractivity contribution in [1.29, 1.82) is 0 Å². The number of Topliss-reactive ketones (excluding diaryl/α,β-unsaturated/α-hetero) is 1. The highest BCUT2D eigenvalue weighted by Crippen LogP contribution is 2.19. The van der Waals surface area contributed by atoms with Crippen LogP contribution in [-0.2, 0) is 20.8 Å². The summed E-state index contributed by atoms with van der Waals surface area (Å²) in [5, 5.41) is 8.21. The number of amides is 3. The topological polar surface area (TPSA) is 114 Å². The van der Waals surface area contributed by atoms with Crippen LogP contribution in [0.15, 0.2) is 54.6 Å². The van der Waals surface area contributed by atoms with Gasteiger partial charge in [-0.15, -0.1) is 0 Å². The van der Waals surface area contributed by atoms with Gasteiger partial charge in [0.2, 0.25) is 11.7 Å². The van der Waals surface area contributed by atoms with Crippen LogP contribution in [0.4, 0.5) is 0 Å². The zero-order valence-corrected chi connectivity index (χ0v) is 22.4. The van der Waals surface area contributed by atoms with Gasteiger partial charge in [-0.3, -0.25) is 19.2 Å². The first-order chi connectivity index (χ1) is 17.8. The minimum absolute atomic E-state index is 0.0235. The number of benzene rings is 2. The number of hydrogen-bond donors (Lipinski definition) is 3. The van der Waals surface area contributed by atoms with Crippen LogP contribution in [0.1, 0.15) is 62.9 Å². The number of ether oxygens (including phenoxy) is 1. The number of carbonyl (C=O) groups is 4. The van der Waals surface area contributed by atoms with Gasteiger partial charge in [0.05, 0.1) is 7.11 Å². The summed E-state index contributed by atoms with van der Waals surface area (Å²) in [5.41, 5.74) is 1.16. The SMILES string of the molecule is CC.COc1cccc(C(=O)NC(CC(C)C)C(=O)NC(Cc2ccccc2)C(=O)C(=O)NC2CC2)c1. The van der Waals surface area contributed by atoms with Crippen LogP contribution in [0.5, 0.6) is 5.75 Å². The Kier molecular flexibility index (Phi) is 11.8. The lowest BCUT2D eigenvalue weighted by Gasteiger charge is -2.24. The quantitative estimate of drug-likeness (QED) is 0.379. The van der Waals surface area contributed by atoms with Gasteiger partial charge in [-0.2, -0.15) is 0 Å². The zero-order chi connectivity index (χ0) is 27.4. The molecule has 3 N–H and O–H groups in total. The Labute approximate surface area is 219 Å². The highest BCUT2D eigenvalue weighted by atomic mass is 16.5. The van der Waals surface area contributed by atoms with E-state index in [9.17, 15) is 19.2 Å². The van der Waals surface area contributed by atoms with Gasteiger partial charge in [-0.25, -0.2) is 0 Å². The third-order valence-electron chi connectivity index (χ3n) is 5.71. The van der Waals surface area contributed by atoms with Gasteiger partial charge < -0.3 is 20.7 Å². The Balaban J connectivity index is 0.00000235. The number of carbonyl (C=O) groups excluding carboxylic acids is 4. The van der Waals surface area contributed by atoms with Crippen LogP contribution in [0.3, 0.4) is 0 Å². The number of ketones is 1. The number of methoxy groups -OCH3 is 1. The Morgan fingerprint density at radius 3 is 2.19 bits per heavy atom. The van der Waals surface area contributed by atoms with Crippen LogP contribution >= 0.6 is 0 Å². The normalized spacial score (nSPS) is 13.9. The van der Waals surface area contributed by atoms with Crippen molar-refractivity contribution in [2.45, 2.75) is 71.5 Å². The van der Waals surface area contributed by atoms with Gasteiger partial charge in [-0.05, 0) is 48.9 Å². The van der Waals surface area contributed by atoms with E-state index in [0.29, 0.717) is 17.7 Å². The molecule has 3 rings (SSSR count). The van der Waals surface area contributed by atoms with Crippen molar-refractivity contribution in [3.05, 3.63) is 65.7 Å². The van der Waals surface area contributed by atoms with E-state index in [4.69, 9.17) is 4.74 Å². The summed E-state index contributed by atoms with van der Waals surface area (Å²) in [4.78, 5) is 51.6. The van der Waals surface area contributed by atoms with Gasteiger partial charge >= 0.3 is 0 Å². The second-order valence-corrected chi connectivity index (χ2v) is 9.25. The summed E-state index contributed by atoms with van der Waals surface area (Å²) in [6, 6.07) is 13.9. The molecule has 2 aromatic rings. The largest absolute Gasteiger partial charge is 0.497 e. The molecule has 8 heteroatoms. The van der Waals surface area contributed by atoms with Crippen molar-refractivity contribution in [3.63, 3.8) is 0 Å². The molecule has 0 aliphatic heterocycles. The first kappa shape index (κ1) is 29.5. The van der Waals surface area contributed by atoms with E-state index in [-0.39, 0.29) is 18.4 Å². The van der Waals surface area contributed by atoms with Gasteiger partial charge in [-0.1, -0.05) is 64.1 Å². The second-order valence-electron chi connectivity index (χ2n) is 9.25. The lowest BCUT2D eigenvalue weighted by molar-refractivity contribution is -0.140. The standard InChI is InChI=1S/C27H33N3O5.C2H6/c1-17(2)14-23(30-25(32)19-10-7-11-21(16-19)35-3)26(33)29-22(15-18-8-5-4-6-9-18)24(31)27(34)28-20-12-13-20;1-2/h4-11,16-17,20,22-23H,12-15H2,1-3H3,(H,28,34)(H,29,33)(H,30,32);1-2H3. The second kappa shape index (κ2) is 14.8. The van der Waals surface area contributed by atoms with Crippen LogP contribution in [0.25, 0.3) is 0 Å². The van der Waals surface area contributed by atoms with E-state index >= 15 is 0 Å². The first-order valence-electron chi connectivity index (χ1n) is 12.9. The van der Waals surface area contributed by atoms with Gasteiger partial charge in [0.25, 0.3) is 11.8 Å². The molecule has 3 amide bonds. The lowest BCUT2D eigenvalue weighted by atomic mass is 9.99. The zero-order valence-electron chi connectivity index (χ0n) is 22.4. The molecule has 2 atom stereocenters. The third-order valence-corrected chi connectivity index (χ3v) is 5.71. The first-order valence-corrected chi connectivity index (χ1v) is 12.9. The molecule has 0 bridgehead atoms. The van der Waals surface area contributed by atoms with E-state index in [1.807, 2.05) is 58.0 Å². The molecular weight excluding hydrogens is 470 g/mol. The van der Waals surface area contributed by atoms with E-state index in [2.05, 4.69) is 16.0 Å². The molecule has 0 aromatic heterocycles. The molecule has 1 fully saturated rings. The predicted octanol–water partition coefficient (Wildman–Crippen LogP) is 3.44. The average molecular weight is 510 g/mol. The maximum atomic E-state index is 13.3. The summed E-state index contributed by atoms with van der Waals surface area (Å²) >= 11 is 0. The smallest absolute Gasteiger partial charge is 0.289 e. The van der Waals surface area contributed by atoms with Crippen LogP contribution in [0.2, 0.25) is 0 Å². The fraction of sp³-hybridized carbons (Fsp3) is 0.448. The fourth-order valence-corrected chi connectivity index (χ4v) is 3.68. The molecule has 0 radical (unpaired) electrons. The molecule has 0 heterocycles. The summed E-state index contributed by atoms with van der Waals surface area (Å²) in [7, 11) is 1.51. The molecule has 200 valence electrons. The molecule has 37 heavy (non-hydrogen) atoms. The molecule has 1 aliphatic carbocycles. The third kappa shape index (κ3) is 9.71. The summed E-state index contributed by atoms with van der Waals surface area (Å²) in [6.45, 7) is 7.88. The van der Waals surface area contributed by atoms with E-state index in [0.717, 1.165) is 18.4 Å². The summed E-state index contributed by atoms with van der Waals surface area (Å²) in [5.74, 6) is -1.72. The Morgan fingerprint density at radius 2 is 1.59 bits per heavy atom. The van der Waals surface area contributed by atoms with Crippen molar-refractivity contribution < 1.29 is 23.9 Å². The van der Waals surface area contributed by atoms with Crippen LogP contribution < -0.4 is 20.7 Å². The van der Waals surface area contributed by atoms with Crippen molar-refractivity contribution >= 4 is 23.5 Å². The highest BCUT2D eigenvalue weighted by Gasteiger charge is 2.33. The molecular formula is C29H39N3O5. The monoisotopic (exact) mass is 509 g/mol. The molecule has 1 aliphatic rings. The molecule has 2 unspecified atom stereocenters. The van der Waals surface area contributed by atoms with Crippen molar-refractivity contribution in [3.8, 4) is 5.75 Å². The van der Waals surface area contributed by atoms with Gasteiger partial charge in [0.1, 0.15) is 17.8 Å². The minimum atomic E-state index is -1.05. The molecule has 0 saturated heterocycles. The number of rotatable bonds is 12. The maximum Gasteiger partial charge on any atom is 0.289 e. The summed E-state index contributed by atoms with van der Waals surface area (Å²) in [6.07, 6.45) is 2.23. The Bertz CT molecular complexity index is 1050. The Hall–Kier alpha value is -3.68. The lowest BCUT2D eigenvalue weighted by Crippen LogP contribution is -2.55. The van der Waals surface area contributed by atoms with Crippen molar-refractivity contribution in [2.75, 3.05) is 7.11 Å². The van der Waals surface area contributed by atoms with Crippen molar-refractivity contribution in [1.82, 2.24) is 16.0 Å². The number of nitrogens with one attached hydrogen (secondary N) is 3. The van der Waals surface area contributed by atoms with E-state index in [1.165, 1.54) is 7.11 Å². The highest BCUT2D eigenvalue weighted by molar-refractivity contribution is 6.38. The van der Waals surface area contributed by atoms with Crippen LogP contribution in [0, 0.1) is 5.92 Å². The maximum absolute atomic E-state index is 13.3. The van der Waals surface area contributed by atoms with E-state index in [1.54, 1.807) is 24.3 Å². The molecule has 0 spiro atoms. The average Bonchev–Trinajstić information content (AvgIpc) is 3.72. The Morgan fingerprint density at radius 1 is 0.919 bits per heavy atom. The van der Waals surface area contributed by atoms with E-state index < -0.39 is 35.6 Å². The molecule has 8 nitrogen and oxygen atoms in total. The fourth-order valence-electron chi connectivity index (χ4n) is 3.68. The predicted molar refractivity (Wildman–Crippen MR) is 143 cm³/mol. The summed E-state index contributed by atoms with van der Waals surface area (Å²) < 4.78 is 5.18. The minimum Gasteiger partial charge on any atom is -0.497 e. The molecule has 1 saturated carbocycles. The van der Waals surface area contributed by atoms with Crippen LogP contribution in [-0.4, -0.2) is 48.7 Å². The molecule has 2 aromatic carbocycles. The van der Waals surface area contributed by atoms with Gasteiger partial charge in [0, 0.05) is 18.0 Å².